The van der Waals surface area contributed by atoms with Gasteiger partial charge in [-0.15, -0.1) is 0 Å². The van der Waals surface area contributed by atoms with Crippen LogP contribution in [0.5, 0.6) is 5.75 Å². The SMILES string of the molecule is Cc1cn(-c2ccc3n(c2=O)CCCN(CCOc2ccc(Cl)cc2C(F)(F)F)C3=O)cn1. The van der Waals surface area contributed by atoms with Crippen LogP contribution < -0.4 is 10.3 Å². The molecule has 3 aromatic rings. The number of amides is 1. The van der Waals surface area contributed by atoms with Gasteiger partial charge in [-0.1, -0.05) is 11.6 Å². The van der Waals surface area contributed by atoms with Crippen LogP contribution in [0.25, 0.3) is 5.69 Å². The molecule has 1 aromatic carbocycles. The summed E-state index contributed by atoms with van der Waals surface area (Å²) in [6.45, 7) is 2.41. The Kier molecular flexibility index (Phi) is 6.20. The van der Waals surface area contributed by atoms with Gasteiger partial charge in [0.1, 0.15) is 23.7 Å². The zero-order valence-corrected chi connectivity index (χ0v) is 18.4. The molecule has 174 valence electrons. The van der Waals surface area contributed by atoms with E-state index in [9.17, 15) is 22.8 Å². The normalized spacial score (nSPS) is 14.2. The summed E-state index contributed by atoms with van der Waals surface area (Å²) < 4.78 is 48.1. The number of hydrogen-bond acceptors (Lipinski definition) is 4. The predicted molar refractivity (Wildman–Crippen MR) is 115 cm³/mol. The van der Waals surface area contributed by atoms with Gasteiger partial charge >= 0.3 is 6.18 Å². The van der Waals surface area contributed by atoms with Gasteiger partial charge in [-0.05, 0) is 43.7 Å². The van der Waals surface area contributed by atoms with Crippen LogP contribution in [0.1, 0.15) is 28.2 Å². The summed E-state index contributed by atoms with van der Waals surface area (Å²) >= 11 is 5.69. The van der Waals surface area contributed by atoms with Crippen molar-refractivity contribution in [1.82, 2.24) is 19.0 Å². The Hall–Kier alpha value is -3.27. The van der Waals surface area contributed by atoms with Crippen LogP contribution >= 0.6 is 11.6 Å². The monoisotopic (exact) mass is 480 g/mol. The average Bonchev–Trinajstić information content (AvgIpc) is 3.11. The van der Waals surface area contributed by atoms with Crippen LogP contribution in [-0.2, 0) is 12.7 Å². The van der Waals surface area contributed by atoms with Crippen molar-refractivity contribution in [3.8, 4) is 11.4 Å². The van der Waals surface area contributed by atoms with Crippen LogP contribution in [-0.4, -0.2) is 44.6 Å². The van der Waals surface area contributed by atoms with Crippen molar-refractivity contribution >= 4 is 17.5 Å². The number of nitrogens with zero attached hydrogens (tertiary/aromatic N) is 4. The Labute approximate surface area is 192 Å². The molecule has 3 heterocycles. The molecule has 1 amide bonds. The molecular formula is C22H20ClF3N4O3. The number of halogens is 4. The van der Waals surface area contributed by atoms with E-state index in [1.807, 2.05) is 6.92 Å². The molecule has 0 radical (unpaired) electrons. The Bertz CT molecular complexity index is 1250. The molecule has 4 rings (SSSR count). The molecule has 11 heteroatoms. The van der Waals surface area contributed by atoms with Gasteiger partial charge in [0.25, 0.3) is 11.5 Å². The van der Waals surface area contributed by atoms with Crippen molar-refractivity contribution in [1.29, 1.82) is 0 Å². The number of pyridine rings is 1. The van der Waals surface area contributed by atoms with Crippen molar-refractivity contribution in [3.63, 3.8) is 0 Å². The molecule has 0 unspecified atom stereocenters. The van der Waals surface area contributed by atoms with Crippen molar-refractivity contribution in [2.24, 2.45) is 0 Å². The lowest BCUT2D eigenvalue weighted by molar-refractivity contribution is -0.139. The second-order valence-electron chi connectivity index (χ2n) is 7.62. The van der Waals surface area contributed by atoms with Gasteiger partial charge in [-0.25, -0.2) is 4.98 Å². The predicted octanol–water partition coefficient (Wildman–Crippen LogP) is 3.94. The number of benzene rings is 1. The highest BCUT2D eigenvalue weighted by atomic mass is 35.5. The van der Waals surface area contributed by atoms with Gasteiger partial charge in [-0.2, -0.15) is 13.2 Å². The molecule has 0 bridgehead atoms. The van der Waals surface area contributed by atoms with Gasteiger partial charge in [0, 0.05) is 24.3 Å². The lowest BCUT2D eigenvalue weighted by Gasteiger charge is -2.21. The third-order valence-corrected chi connectivity index (χ3v) is 5.56. The average molecular weight is 481 g/mol. The van der Waals surface area contributed by atoms with E-state index < -0.39 is 11.7 Å². The van der Waals surface area contributed by atoms with E-state index in [0.717, 1.165) is 17.8 Å². The zero-order valence-electron chi connectivity index (χ0n) is 17.6. The highest BCUT2D eigenvalue weighted by Gasteiger charge is 2.35. The maximum Gasteiger partial charge on any atom is 0.420 e. The van der Waals surface area contributed by atoms with Crippen LogP contribution in [0.15, 0.2) is 47.7 Å². The molecule has 0 N–H and O–H groups in total. The van der Waals surface area contributed by atoms with Crippen molar-refractivity contribution in [2.45, 2.75) is 26.1 Å². The molecular weight excluding hydrogens is 461 g/mol. The lowest BCUT2D eigenvalue weighted by atomic mass is 10.2. The third kappa shape index (κ3) is 4.75. The number of carbonyl (C=O) groups is 1. The first-order chi connectivity index (χ1) is 15.6. The number of hydrogen-bond donors (Lipinski definition) is 0. The van der Waals surface area contributed by atoms with E-state index in [-0.39, 0.29) is 41.1 Å². The van der Waals surface area contributed by atoms with Gasteiger partial charge in [0.2, 0.25) is 0 Å². The van der Waals surface area contributed by atoms with E-state index >= 15 is 0 Å². The van der Waals surface area contributed by atoms with Crippen LogP contribution in [0.4, 0.5) is 13.2 Å². The van der Waals surface area contributed by atoms with E-state index in [4.69, 9.17) is 16.3 Å². The number of rotatable bonds is 5. The number of aromatic nitrogens is 3. The quantitative estimate of drug-likeness (QED) is 0.554. The minimum Gasteiger partial charge on any atom is -0.491 e. The second-order valence-corrected chi connectivity index (χ2v) is 8.05. The molecule has 0 spiro atoms. The molecule has 0 atom stereocenters. The highest BCUT2D eigenvalue weighted by molar-refractivity contribution is 6.30. The first kappa shape index (κ1) is 22.9. The third-order valence-electron chi connectivity index (χ3n) is 5.33. The van der Waals surface area contributed by atoms with Gasteiger partial charge in [0.15, 0.2) is 0 Å². The molecule has 1 aliphatic heterocycles. The number of fused-ring (bicyclic) bond motifs is 1. The standard InChI is InChI=1S/C22H20ClF3N4O3/c1-14-12-29(13-27-14)17-4-5-18-20(31)28(7-2-8-30(18)21(17)32)9-10-33-19-6-3-15(23)11-16(19)22(24,25)26/h3-6,11-13H,2,7-10H2,1H3. The summed E-state index contributed by atoms with van der Waals surface area (Å²) in [4.78, 5) is 31.6. The Morgan fingerprint density at radius 3 is 2.64 bits per heavy atom. The van der Waals surface area contributed by atoms with Crippen molar-refractivity contribution in [2.75, 3.05) is 19.7 Å². The molecule has 7 nitrogen and oxygen atoms in total. The fraction of sp³-hybridized carbons (Fsp3) is 0.318. The van der Waals surface area contributed by atoms with E-state index in [1.165, 1.54) is 21.9 Å². The minimum atomic E-state index is -4.62. The van der Waals surface area contributed by atoms with E-state index in [1.54, 1.807) is 22.9 Å². The fourth-order valence-corrected chi connectivity index (χ4v) is 3.91. The number of ether oxygens (including phenoxy) is 1. The largest absolute Gasteiger partial charge is 0.491 e. The first-order valence-corrected chi connectivity index (χ1v) is 10.6. The minimum absolute atomic E-state index is 0.0513. The smallest absolute Gasteiger partial charge is 0.420 e. The zero-order chi connectivity index (χ0) is 23.8. The Morgan fingerprint density at radius 2 is 1.94 bits per heavy atom. The summed E-state index contributed by atoms with van der Waals surface area (Å²) in [5.74, 6) is -0.736. The molecule has 1 aliphatic rings. The second kappa shape index (κ2) is 8.93. The summed E-state index contributed by atoms with van der Waals surface area (Å²) in [6, 6.07) is 6.41. The maximum absolute atomic E-state index is 13.2. The van der Waals surface area contributed by atoms with Crippen LogP contribution in [0.3, 0.4) is 0 Å². The topological polar surface area (TPSA) is 69.4 Å². The molecule has 33 heavy (non-hydrogen) atoms. The van der Waals surface area contributed by atoms with E-state index in [2.05, 4.69) is 4.98 Å². The van der Waals surface area contributed by atoms with Gasteiger partial charge in [-0.3, -0.25) is 9.59 Å². The summed E-state index contributed by atoms with van der Waals surface area (Å²) in [5.41, 5.74) is 0.0709. The van der Waals surface area contributed by atoms with Crippen molar-refractivity contribution < 1.29 is 22.7 Å². The van der Waals surface area contributed by atoms with Crippen LogP contribution in [0.2, 0.25) is 5.02 Å². The summed E-state index contributed by atoms with van der Waals surface area (Å²) in [7, 11) is 0. The molecule has 0 saturated carbocycles. The summed E-state index contributed by atoms with van der Waals surface area (Å²) in [5, 5.41) is -0.0513. The van der Waals surface area contributed by atoms with Gasteiger partial charge in [0.05, 0.1) is 24.1 Å². The van der Waals surface area contributed by atoms with Crippen molar-refractivity contribution in [3.05, 3.63) is 75.2 Å². The Balaban J connectivity index is 1.51. The first-order valence-electron chi connectivity index (χ1n) is 10.2. The highest BCUT2D eigenvalue weighted by Crippen LogP contribution is 2.37. The molecule has 0 fully saturated rings. The van der Waals surface area contributed by atoms with E-state index in [0.29, 0.717) is 25.2 Å². The number of imidazole rings is 1. The molecule has 0 saturated heterocycles. The molecule has 0 aliphatic carbocycles. The number of carbonyl (C=O) groups excluding carboxylic acids is 1. The van der Waals surface area contributed by atoms with Crippen LogP contribution in [0, 0.1) is 6.92 Å². The number of alkyl halides is 3. The lowest BCUT2D eigenvalue weighted by Crippen LogP contribution is -2.36. The number of aryl methyl sites for hydroxylation is 1. The Morgan fingerprint density at radius 1 is 1.15 bits per heavy atom. The molecule has 2 aromatic heterocycles. The summed E-state index contributed by atoms with van der Waals surface area (Å²) in [6.07, 6.45) is -0.852. The fourth-order valence-electron chi connectivity index (χ4n) is 3.74. The maximum atomic E-state index is 13.2. The van der Waals surface area contributed by atoms with Gasteiger partial charge < -0.3 is 18.8 Å².